The van der Waals surface area contributed by atoms with Crippen LogP contribution in [0.4, 0.5) is 10.1 Å². The van der Waals surface area contributed by atoms with Crippen molar-refractivity contribution in [2.75, 3.05) is 5.32 Å². The third kappa shape index (κ3) is 3.35. The Morgan fingerprint density at radius 3 is 2.69 bits per heavy atom. The average molecular weight is 366 g/mol. The van der Waals surface area contributed by atoms with E-state index in [1.165, 1.54) is 35.9 Å². The summed E-state index contributed by atoms with van der Waals surface area (Å²) in [6, 6.07) is 11.2. The number of halogens is 1. The van der Waals surface area contributed by atoms with Crippen LogP contribution in [-0.4, -0.2) is 20.9 Å². The van der Waals surface area contributed by atoms with Gasteiger partial charge in [-0.15, -0.1) is 11.3 Å². The highest BCUT2D eigenvalue weighted by molar-refractivity contribution is 7.16. The number of hydrogen-bond donors (Lipinski definition) is 1. The number of rotatable bonds is 4. The molecule has 2 heterocycles. The molecule has 0 unspecified atom stereocenters. The minimum absolute atomic E-state index is 0.0146. The van der Waals surface area contributed by atoms with Gasteiger partial charge in [-0.25, -0.2) is 19.3 Å². The van der Waals surface area contributed by atoms with Crippen molar-refractivity contribution in [3.8, 4) is 11.8 Å². The molecule has 0 saturated carbocycles. The molecule has 2 aromatic carbocycles. The van der Waals surface area contributed by atoms with Crippen molar-refractivity contribution in [1.29, 1.82) is 0 Å². The number of carbonyl (C=O) groups excluding carboxylic acids is 1. The number of anilines is 1. The van der Waals surface area contributed by atoms with Crippen LogP contribution in [0.2, 0.25) is 0 Å². The van der Waals surface area contributed by atoms with Crippen molar-refractivity contribution in [1.82, 2.24) is 15.0 Å². The number of ether oxygens (including phenoxy) is 1. The molecule has 1 N–H and O–H groups in total. The SMILES string of the molecule is O=C(Nc1cnc(Oc2ccccc2F)nc1)c1ccc2ncsc2c1. The summed E-state index contributed by atoms with van der Waals surface area (Å²) < 4.78 is 19.8. The van der Waals surface area contributed by atoms with Crippen LogP contribution < -0.4 is 10.1 Å². The molecule has 0 aliphatic carbocycles. The fraction of sp³-hybridized carbons (Fsp3) is 0. The van der Waals surface area contributed by atoms with E-state index in [0.717, 1.165) is 10.2 Å². The molecule has 0 radical (unpaired) electrons. The van der Waals surface area contributed by atoms with Crippen LogP contribution >= 0.6 is 11.3 Å². The average Bonchev–Trinajstić information content (AvgIpc) is 3.13. The van der Waals surface area contributed by atoms with Gasteiger partial charge in [0.1, 0.15) is 0 Å². The molecule has 26 heavy (non-hydrogen) atoms. The predicted molar refractivity (Wildman–Crippen MR) is 96.1 cm³/mol. The van der Waals surface area contributed by atoms with E-state index >= 15 is 0 Å². The summed E-state index contributed by atoms with van der Waals surface area (Å²) in [4.78, 5) is 24.5. The predicted octanol–water partition coefficient (Wildman–Crippen LogP) is 4.27. The number of benzene rings is 2. The molecule has 0 bridgehead atoms. The largest absolute Gasteiger partial charge is 0.421 e. The Kier molecular flexibility index (Phi) is 4.24. The first-order chi connectivity index (χ1) is 12.7. The fourth-order valence-electron chi connectivity index (χ4n) is 2.26. The van der Waals surface area contributed by atoms with Gasteiger partial charge < -0.3 is 10.1 Å². The minimum Gasteiger partial charge on any atom is -0.421 e. The third-order valence-electron chi connectivity index (χ3n) is 3.52. The minimum atomic E-state index is -0.507. The van der Waals surface area contributed by atoms with E-state index in [-0.39, 0.29) is 17.7 Å². The van der Waals surface area contributed by atoms with Gasteiger partial charge in [-0.3, -0.25) is 4.79 Å². The number of hydrogen-bond acceptors (Lipinski definition) is 6. The topological polar surface area (TPSA) is 77.0 Å². The van der Waals surface area contributed by atoms with Gasteiger partial charge in [-0.2, -0.15) is 0 Å². The first kappa shape index (κ1) is 16.1. The molecule has 0 saturated heterocycles. The van der Waals surface area contributed by atoms with E-state index < -0.39 is 5.82 Å². The maximum absolute atomic E-state index is 13.6. The molecule has 0 fully saturated rings. The molecule has 0 spiro atoms. The Bertz CT molecular complexity index is 1080. The molecule has 8 heteroatoms. The number of nitrogens with zero attached hydrogens (tertiary/aromatic N) is 3. The lowest BCUT2D eigenvalue weighted by Crippen LogP contribution is -2.12. The fourth-order valence-corrected chi connectivity index (χ4v) is 2.98. The highest BCUT2D eigenvalue weighted by atomic mass is 32.1. The van der Waals surface area contributed by atoms with Gasteiger partial charge in [-0.1, -0.05) is 12.1 Å². The summed E-state index contributed by atoms with van der Waals surface area (Å²) in [7, 11) is 0. The van der Waals surface area contributed by atoms with Gasteiger partial charge in [0.2, 0.25) is 0 Å². The summed E-state index contributed by atoms with van der Waals surface area (Å²) in [5.41, 5.74) is 3.49. The van der Waals surface area contributed by atoms with Gasteiger partial charge in [-0.05, 0) is 30.3 Å². The van der Waals surface area contributed by atoms with Crippen molar-refractivity contribution in [2.45, 2.75) is 0 Å². The first-order valence-corrected chi connectivity index (χ1v) is 8.46. The molecular formula is C18H11FN4O2S. The molecule has 4 aromatic rings. The summed E-state index contributed by atoms with van der Waals surface area (Å²) in [6.07, 6.45) is 2.79. The lowest BCUT2D eigenvalue weighted by Gasteiger charge is -2.07. The molecular weight excluding hydrogens is 355 g/mol. The zero-order valence-electron chi connectivity index (χ0n) is 13.2. The van der Waals surface area contributed by atoms with E-state index in [2.05, 4.69) is 20.3 Å². The molecule has 128 valence electrons. The number of thiazole rings is 1. The highest BCUT2D eigenvalue weighted by Gasteiger charge is 2.10. The van der Waals surface area contributed by atoms with Crippen LogP contribution in [0.15, 0.2) is 60.4 Å². The van der Waals surface area contributed by atoms with Crippen molar-refractivity contribution in [3.63, 3.8) is 0 Å². The lowest BCUT2D eigenvalue weighted by molar-refractivity contribution is 0.102. The van der Waals surface area contributed by atoms with E-state index in [1.807, 2.05) is 0 Å². The first-order valence-electron chi connectivity index (χ1n) is 7.58. The molecule has 6 nitrogen and oxygen atoms in total. The van der Waals surface area contributed by atoms with Gasteiger partial charge in [0, 0.05) is 5.56 Å². The number of nitrogens with one attached hydrogen (secondary N) is 1. The lowest BCUT2D eigenvalue weighted by atomic mass is 10.2. The number of fused-ring (bicyclic) bond motifs is 1. The summed E-state index contributed by atoms with van der Waals surface area (Å²) >= 11 is 1.47. The van der Waals surface area contributed by atoms with Crippen LogP contribution in [0, 0.1) is 5.82 Å². The second-order valence-corrected chi connectivity index (χ2v) is 6.16. The quantitative estimate of drug-likeness (QED) is 0.584. The van der Waals surface area contributed by atoms with Crippen molar-refractivity contribution in [2.24, 2.45) is 0 Å². The Hall–Kier alpha value is -3.39. The van der Waals surface area contributed by atoms with Gasteiger partial charge in [0.15, 0.2) is 11.6 Å². The number of amides is 1. The standard InChI is InChI=1S/C18H11FN4O2S/c19-13-3-1-2-4-15(13)25-18-20-8-12(9-21-18)23-17(24)11-5-6-14-16(7-11)26-10-22-14/h1-10H,(H,23,24). The molecule has 2 aromatic heterocycles. The summed E-state index contributed by atoms with van der Waals surface area (Å²) in [6.45, 7) is 0. The Balaban J connectivity index is 1.46. The third-order valence-corrected chi connectivity index (χ3v) is 4.31. The van der Waals surface area contributed by atoms with Crippen LogP contribution in [0.5, 0.6) is 11.8 Å². The van der Waals surface area contributed by atoms with E-state index in [9.17, 15) is 9.18 Å². The summed E-state index contributed by atoms with van der Waals surface area (Å²) in [5, 5.41) is 2.71. The molecule has 0 aliphatic rings. The van der Waals surface area contributed by atoms with E-state index in [1.54, 1.807) is 35.8 Å². The number of aromatic nitrogens is 3. The Labute approximate surface area is 151 Å². The number of para-hydroxylation sites is 1. The monoisotopic (exact) mass is 366 g/mol. The summed E-state index contributed by atoms with van der Waals surface area (Å²) in [5.74, 6) is -0.763. The van der Waals surface area contributed by atoms with Gasteiger partial charge >= 0.3 is 6.01 Å². The van der Waals surface area contributed by atoms with Crippen LogP contribution in [0.25, 0.3) is 10.2 Å². The van der Waals surface area contributed by atoms with Gasteiger partial charge in [0.25, 0.3) is 5.91 Å². The second-order valence-electron chi connectivity index (χ2n) is 5.28. The smallest absolute Gasteiger partial charge is 0.322 e. The van der Waals surface area contributed by atoms with Crippen LogP contribution in [-0.2, 0) is 0 Å². The molecule has 1 amide bonds. The zero-order valence-corrected chi connectivity index (χ0v) is 14.0. The normalized spacial score (nSPS) is 10.7. The molecule has 0 atom stereocenters. The maximum atomic E-state index is 13.6. The molecule has 4 rings (SSSR count). The Morgan fingerprint density at radius 1 is 1.08 bits per heavy atom. The van der Waals surface area contributed by atoms with E-state index in [4.69, 9.17) is 4.74 Å². The van der Waals surface area contributed by atoms with Crippen LogP contribution in [0.3, 0.4) is 0 Å². The van der Waals surface area contributed by atoms with Gasteiger partial charge in [0.05, 0.1) is 33.8 Å². The van der Waals surface area contributed by atoms with E-state index in [0.29, 0.717) is 11.3 Å². The highest BCUT2D eigenvalue weighted by Crippen LogP contribution is 2.22. The van der Waals surface area contributed by atoms with Crippen molar-refractivity contribution < 1.29 is 13.9 Å². The molecule has 0 aliphatic heterocycles. The number of carbonyl (C=O) groups is 1. The Morgan fingerprint density at radius 2 is 1.88 bits per heavy atom. The zero-order chi connectivity index (χ0) is 17.9. The second kappa shape index (κ2) is 6.85. The van der Waals surface area contributed by atoms with Crippen molar-refractivity contribution in [3.05, 3.63) is 71.7 Å². The van der Waals surface area contributed by atoms with Crippen molar-refractivity contribution >= 4 is 33.1 Å². The van der Waals surface area contributed by atoms with Crippen LogP contribution in [0.1, 0.15) is 10.4 Å². The maximum Gasteiger partial charge on any atom is 0.322 e.